The molecule has 35 heavy (non-hydrogen) atoms. The number of ketones is 1. The third-order valence-electron chi connectivity index (χ3n) is 5.77. The molecule has 7 nitrogen and oxygen atoms in total. The van der Waals surface area contributed by atoms with Gasteiger partial charge in [0.25, 0.3) is 5.91 Å². The van der Waals surface area contributed by atoms with Crippen LogP contribution in [0.3, 0.4) is 0 Å². The van der Waals surface area contributed by atoms with Gasteiger partial charge in [-0.25, -0.2) is 0 Å². The Morgan fingerprint density at radius 1 is 1.06 bits per heavy atom. The number of benzene rings is 2. The monoisotopic (exact) mass is 489 g/mol. The normalized spacial score (nSPS) is 16.6. The first-order valence-corrected chi connectivity index (χ1v) is 11.2. The Bertz CT molecular complexity index is 1090. The van der Waals surface area contributed by atoms with Crippen LogP contribution in [0.25, 0.3) is 0 Å². The van der Waals surface area contributed by atoms with Crippen LogP contribution in [0.1, 0.15) is 36.5 Å². The maximum absolute atomic E-state index is 13.4. The zero-order chi connectivity index (χ0) is 25.6. The smallest absolute Gasteiger partial charge is 0.350 e. The van der Waals surface area contributed by atoms with Gasteiger partial charge in [0.1, 0.15) is 12.1 Å². The molecule has 1 aliphatic heterocycles. The highest BCUT2D eigenvalue weighted by atomic mass is 19.4. The van der Waals surface area contributed by atoms with E-state index in [1.807, 2.05) is 0 Å². The van der Waals surface area contributed by atoms with E-state index in [1.165, 1.54) is 18.2 Å². The molecular formula is C25H26F3N3O4. The number of Topliss-reactive ketones (excluding diaryl/α,β-unsaturated/α-hetero) is 1. The Labute approximate surface area is 200 Å². The van der Waals surface area contributed by atoms with E-state index in [0.717, 1.165) is 11.0 Å². The van der Waals surface area contributed by atoms with Crippen molar-refractivity contribution >= 4 is 23.5 Å². The first-order chi connectivity index (χ1) is 16.6. The molecule has 10 heteroatoms. The van der Waals surface area contributed by atoms with Crippen LogP contribution in [0.2, 0.25) is 0 Å². The molecule has 0 saturated carbocycles. The van der Waals surface area contributed by atoms with E-state index < -0.39 is 53.9 Å². The fourth-order valence-electron chi connectivity index (χ4n) is 4.06. The summed E-state index contributed by atoms with van der Waals surface area (Å²) in [5.41, 5.74) is -0.312. The molecule has 2 aromatic carbocycles. The summed E-state index contributed by atoms with van der Waals surface area (Å²) >= 11 is 0. The molecule has 186 valence electrons. The summed E-state index contributed by atoms with van der Waals surface area (Å²) in [6.45, 7) is 1.47. The lowest BCUT2D eigenvalue weighted by Gasteiger charge is -2.27. The third kappa shape index (κ3) is 6.46. The molecule has 3 rings (SSSR count). The van der Waals surface area contributed by atoms with Crippen LogP contribution in [-0.2, 0) is 38.3 Å². The fraction of sp³-hybridized carbons (Fsp3) is 0.360. The lowest BCUT2D eigenvalue weighted by Crippen LogP contribution is -2.53. The Kier molecular flexibility index (Phi) is 8.26. The van der Waals surface area contributed by atoms with E-state index in [0.29, 0.717) is 5.56 Å². The summed E-state index contributed by atoms with van der Waals surface area (Å²) in [4.78, 5) is 51.7. The van der Waals surface area contributed by atoms with Gasteiger partial charge in [-0.3, -0.25) is 19.2 Å². The van der Waals surface area contributed by atoms with E-state index in [2.05, 4.69) is 10.6 Å². The Balaban J connectivity index is 1.81. The van der Waals surface area contributed by atoms with E-state index in [4.69, 9.17) is 0 Å². The lowest BCUT2D eigenvalue weighted by atomic mass is 10.0. The minimum atomic E-state index is -4.61. The third-order valence-corrected chi connectivity index (χ3v) is 5.77. The predicted molar refractivity (Wildman–Crippen MR) is 121 cm³/mol. The van der Waals surface area contributed by atoms with E-state index in [9.17, 15) is 32.3 Å². The van der Waals surface area contributed by atoms with Crippen molar-refractivity contribution in [2.24, 2.45) is 0 Å². The first-order valence-electron chi connectivity index (χ1n) is 11.2. The van der Waals surface area contributed by atoms with Crippen LogP contribution in [0.5, 0.6) is 0 Å². The number of hydrogen-bond donors (Lipinski definition) is 2. The first kappa shape index (κ1) is 25.9. The number of likely N-dealkylation sites (N-methyl/N-ethyl adjacent to an activating group) is 1. The van der Waals surface area contributed by atoms with Crippen LogP contribution < -0.4 is 10.6 Å². The van der Waals surface area contributed by atoms with Crippen molar-refractivity contribution in [3.8, 4) is 0 Å². The molecule has 0 aromatic heterocycles. The molecule has 1 saturated heterocycles. The van der Waals surface area contributed by atoms with Gasteiger partial charge in [-0.1, -0.05) is 48.5 Å². The summed E-state index contributed by atoms with van der Waals surface area (Å²) in [5, 5.41) is 4.97. The molecule has 2 aromatic rings. The Hall–Kier alpha value is -3.69. The van der Waals surface area contributed by atoms with Gasteiger partial charge in [0.2, 0.25) is 17.6 Å². The number of likely N-dealkylation sites (tertiary alicyclic amines) is 1. The second-order valence-electron chi connectivity index (χ2n) is 8.21. The van der Waals surface area contributed by atoms with Gasteiger partial charge in [-0.05, 0) is 30.5 Å². The van der Waals surface area contributed by atoms with Gasteiger partial charge >= 0.3 is 6.18 Å². The number of amides is 3. The van der Waals surface area contributed by atoms with Crippen LogP contribution in [-0.4, -0.2) is 47.0 Å². The summed E-state index contributed by atoms with van der Waals surface area (Å²) < 4.78 is 40.3. The molecule has 0 spiro atoms. The number of carbonyl (C=O) groups is 4. The number of alkyl halides is 3. The number of carbonyl (C=O) groups excluding carboxylic acids is 4. The number of halogens is 3. The quantitative estimate of drug-likeness (QED) is 0.530. The van der Waals surface area contributed by atoms with Crippen molar-refractivity contribution in [2.75, 3.05) is 6.54 Å². The molecular weight excluding hydrogens is 463 g/mol. The predicted octanol–water partition coefficient (Wildman–Crippen LogP) is 2.63. The van der Waals surface area contributed by atoms with Crippen LogP contribution in [0, 0.1) is 0 Å². The largest absolute Gasteiger partial charge is 0.416 e. The van der Waals surface area contributed by atoms with Crippen molar-refractivity contribution in [3.63, 3.8) is 0 Å². The zero-order valence-electron chi connectivity index (χ0n) is 19.1. The highest BCUT2D eigenvalue weighted by molar-refractivity contribution is 6.38. The minimum absolute atomic E-state index is 0.0140. The average molecular weight is 489 g/mol. The minimum Gasteiger partial charge on any atom is -0.350 e. The van der Waals surface area contributed by atoms with E-state index >= 15 is 0 Å². The molecule has 1 heterocycles. The van der Waals surface area contributed by atoms with Crippen molar-refractivity contribution in [3.05, 3.63) is 71.3 Å². The molecule has 1 fully saturated rings. The molecule has 3 amide bonds. The van der Waals surface area contributed by atoms with Gasteiger partial charge in [0.15, 0.2) is 0 Å². The van der Waals surface area contributed by atoms with Gasteiger partial charge < -0.3 is 15.5 Å². The number of nitrogens with one attached hydrogen (secondary N) is 2. The summed E-state index contributed by atoms with van der Waals surface area (Å²) in [5.74, 6) is -2.86. The summed E-state index contributed by atoms with van der Waals surface area (Å²) in [6, 6.07) is 11.4. The molecule has 2 unspecified atom stereocenters. The SMILES string of the molecule is CCNC(=O)C(=O)C(Cc1ccccc1)NC(=O)C1CCC(=O)N1Cc1ccccc1C(F)(F)F. The Morgan fingerprint density at radius 3 is 2.37 bits per heavy atom. The standard InChI is InChI=1S/C25H26F3N3O4/c1-2-29-24(35)22(33)19(14-16-8-4-3-5-9-16)30-23(34)20-12-13-21(32)31(20)15-17-10-6-7-11-18(17)25(26,27)28/h3-11,19-20H,2,12-15H2,1H3,(H,29,35)(H,30,34). The number of hydrogen-bond acceptors (Lipinski definition) is 4. The maximum Gasteiger partial charge on any atom is 0.416 e. The zero-order valence-corrected chi connectivity index (χ0v) is 19.1. The summed E-state index contributed by atoms with van der Waals surface area (Å²) in [6.07, 6.45) is -4.50. The molecule has 0 aliphatic carbocycles. The van der Waals surface area contributed by atoms with Gasteiger partial charge in [-0.15, -0.1) is 0 Å². The van der Waals surface area contributed by atoms with Crippen molar-refractivity contribution < 1.29 is 32.3 Å². The number of nitrogens with zero attached hydrogens (tertiary/aromatic N) is 1. The van der Waals surface area contributed by atoms with E-state index in [1.54, 1.807) is 37.3 Å². The molecule has 2 N–H and O–H groups in total. The topological polar surface area (TPSA) is 95.6 Å². The fourth-order valence-corrected chi connectivity index (χ4v) is 4.06. The maximum atomic E-state index is 13.4. The average Bonchev–Trinajstić information content (AvgIpc) is 3.18. The highest BCUT2D eigenvalue weighted by Gasteiger charge is 2.40. The molecule has 1 aliphatic rings. The molecule has 0 radical (unpaired) electrons. The van der Waals surface area contributed by atoms with Gasteiger partial charge in [-0.2, -0.15) is 13.2 Å². The second kappa shape index (κ2) is 11.2. The van der Waals surface area contributed by atoms with E-state index in [-0.39, 0.29) is 31.4 Å². The van der Waals surface area contributed by atoms with Gasteiger partial charge in [0.05, 0.1) is 5.56 Å². The highest BCUT2D eigenvalue weighted by Crippen LogP contribution is 2.33. The van der Waals surface area contributed by atoms with Crippen molar-refractivity contribution in [1.82, 2.24) is 15.5 Å². The van der Waals surface area contributed by atoms with Crippen LogP contribution in [0.4, 0.5) is 13.2 Å². The molecule has 2 atom stereocenters. The number of rotatable bonds is 9. The lowest BCUT2D eigenvalue weighted by molar-refractivity contribution is -0.142. The van der Waals surface area contributed by atoms with Crippen molar-refractivity contribution in [1.29, 1.82) is 0 Å². The Morgan fingerprint density at radius 2 is 1.71 bits per heavy atom. The van der Waals surface area contributed by atoms with Gasteiger partial charge in [0, 0.05) is 25.9 Å². The molecule has 0 bridgehead atoms. The second-order valence-corrected chi connectivity index (χ2v) is 8.21. The van der Waals surface area contributed by atoms with Crippen LogP contribution in [0.15, 0.2) is 54.6 Å². The van der Waals surface area contributed by atoms with Crippen molar-refractivity contribution in [2.45, 2.75) is 51.0 Å². The summed E-state index contributed by atoms with van der Waals surface area (Å²) in [7, 11) is 0. The van der Waals surface area contributed by atoms with Crippen LogP contribution >= 0.6 is 0 Å².